The monoisotopic (exact) mass is 257 g/mol. The van der Waals surface area contributed by atoms with Gasteiger partial charge in [0, 0.05) is 6.04 Å². The number of hydrogen-bond donors (Lipinski definition) is 3. The number of carbonyl (C=O) groups excluding carboxylic acids is 1. The first kappa shape index (κ1) is 13.8. The third kappa shape index (κ3) is 3.02. The number of aliphatic hydroxyl groups excluding tert-OH is 2. The largest absolute Gasteiger partial charge is 0.464 e. The summed E-state index contributed by atoms with van der Waals surface area (Å²) in [6.07, 6.45) is 3.64. The van der Waals surface area contributed by atoms with Gasteiger partial charge in [0.25, 0.3) is 0 Å². The number of esters is 1. The van der Waals surface area contributed by atoms with Crippen LogP contribution in [0, 0.1) is 5.92 Å². The molecule has 104 valence electrons. The van der Waals surface area contributed by atoms with E-state index in [-0.39, 0.29) is 18.7 Å². The summed E-state index contributed by atoms with van der Waals surface area (Å²) >= 11 is 0. The molecule has 0 amide bonds. The van der Waals surface area contributed by atoms with Crippen molar-refractivity contribution in [1.82, 2.24) is 5.32 Å². The zero-order valence-corrected chi connectivity index (χ0v) is 10.8. The number of rotatable bonds is 5. The standard InChI is InChI=1S/C13H23NO4/c1-2-18-13(17)12(16)11(15)10-9(14-10)8-6-4-3-5-7-8/h8-12,14-16H,2-7H2,1H3/t9-,10+,11+,12-/m1/s1. The molecule has 0 radical (unpaired) electrons. The minimum Gasteiger partial charge on any atom is -0.464 e. The molecule has 3 N–H and O–H groups in total. The van der Waals surface area contributed by atoms with Crippen LogP contribution < -0.4 is 5.32 Å². The summed E-state index contributed by atoms with van der Waals surface area (Å²) in [4.78, 5) is 11.3. The van der Waals surface area contributed by atoms with Crippen molar-refractivity contribution in [3.05, 3.63) is 0 Å². The first-order valence-electron chi connectivity index (χ1n) is 6.94. The van der Waals surface area contributed by atoms with Crippen LogP contribution in [0.5, 0.6) is 0 Å². The van der Waals surface area contributed by atoms with E-state index in [1.807, 2.05) is 0 Å². The van der Waals surface area contributed by atoms with E-state index >= 15 is 0 Å². The van der Waals surface area contributed by atoms with Crippen molar-refractivity contribution in [3.8, 4) is 0 Å². The second-order valence-electron chi connectivity index (χ2n) is 5.30. The van der Waals surface area contributed by atoms with Crippen LogP contribution in [0.3, 0.4) is 0 Å². The summed E-state index contributed by atoms with van der Waals surface area (Å²) in [7, 11) is 0. The molecule has 2 rings (SSSR count). The SMILES string of the molecule is CCOC(=O)[C@H](O)[C@@H](O)[C@H]1N[C@@H]1C1CCCCC1. The predicted molar refractivity (Wildman–Crippen MR) is 65.9 cm³/mol. The van der Waals surface area contributed by atoms with Crippen LogP contribution in [-0.2, 0) is 9.53 Å². The van der Waals surface area contributed by atoms with E-state index in [0.29, 0.717) is 5.92 Å². The smallest absolute Gasteiger partial charge is 0.337 e. The number of hydrogen-bond acceptors (Lipinski definition) is 5. The summed E-state index contributed by atoms with van der Waals surface area (Å²) in [6.45, 7) is 1.89. The Kier molecular flexibility index (Phi) is 4.59. The topological polar surface area (TPSA) is 88.7 Å². The van der Waals surface area contributed by atoms with E-state index < -0.39 is 18.2 Å². The van der Waals surface area contributed by atoms with Crippen molar-refractivity contribution >= 4 is 5.97 Å². The maximum absolute atomic E-state index is 11.3. The molecule has 2 fully saturated rings. The lowest BCUT2D eigenvalue weighted by Crippen LogP contribution is -2.40. The van der Waals surface area contributed by atoms with Crippen LogP contribution in [0.1, 0.15) is 39.0 Å². The molecule has 2 aliphatic rings. The Hall–Kier alpha value is -0.650. The second-order valence-corrected chi connectivity index (χ2v) is 5.30. The van der Waals surface area contributed by atoms with Crippen LogP contribution in [-0.4, -0.2) is 47.1 Å². The van der Waals surface area contributed by atoms with E-state index in [2.05, 4.69) is 5.32 Å². The molecule has 0 aromatic heterocycles. The average Bonchev–Trinajstić information content (AvgIpc) is 3.18. The van der Waals surface area contributed by atoms with Crippen molar-refractivity contribution in [1.29, 1.82) is 0 Å². The van der Waals surface area contributed by atoms with Crippen LogP contribution in [0.4, 0.5) is 0 Å². The van der Waals surface area contributed by atoms with Crippen molar-refractivity contribution in [2.75, 3.05) is 6.61 Å². The summed E-state index contributed by atoms with van der Waals surface area (Å²) in [5, 5.41) is 22.8. The molecule has 1 heterocycles. The van der Waals surface area contributed by atoms with Gasteiger partial charge in [-0.1, -0.05) is 19.3 Å². The highest BCUT2D eigenvalue weighted by atomic mass is 16.5. The van der Waals surface area contributed by atoms with Crippen molar-refractivity contribution in [2.24, 2.45) is 5.92 Å². The molecule has 4 atom stereocenters. The van der Waals surface area contributed by atoms with Crippen molar-refractivity contribution < 1.29 is 19.7 Å². The van der Waals surface area contributed by atoms with Gasteiger partial charge in [0.2, 0.25) is 0 Å². The highest BCUT2D eigenvalue weighted by Crippen LogP contribution is 2.35. The van der Waals surface area contributed by atoms with E-state index in [0.717, 1.165) is 0 Å². The molecule has 1 saturated heterocycles. The lowest BCUT2D eigenvalue weighted by molar-refractivity contribution is -0.159. The van der Waals surface area contributed by atoms with E-state index in [1.165, 1.54) is 32.1 Å². The average molecular weight is 257 g/mol. The first-order valence-corrected chi connectivity index (χ1v) is 6.94. The Morgan fingerprint density at radius 2 is 2.00 bits per heavy atom. The molecule has 5 heteroatoms. The molecule has 0 aromatic rings. The van der Waals surface area contributed by atoms with E-state index in [4.69, 9.17) is 4.74 Å². The molecule has 0 bridgehead atoms. The van der Waals surface area contributed by atoms with Gasteiger partial charge >= 0.3 is 5.97 Å². The van der Waals surface area contributed by atoms with Gasteiger partial charge in [-0.25, -0.2) is 4.79 Å². The van der Waals surface area contributed by atoms with Crippen LogP contribution in [0.25, 0.3) is 0 Å². The molecule has 5 nitrogen and oxygen atoms in total. The van der Waals surface area contributed by atoms with Gasteiger partial charge in [-0.2, -0.15) is 0 Å². The van der Waals surface area contributed by atoms with Gasteiger partial charge in [-0.3, -0.25) is 0 Å². The van der Waals surface area contributed by atoms with Gasteiger partial charge < -0.3 is 20.3 Å². The Bertz CT molecular complexity index is 291. The highest BCUT2D eigenvalue weighted by Gasteiger charge is 2.49. The van der Waals surface area contributed by atoms with Crippen LogP contribution in [0.2, 0.25) is 0 Å². The Labute approximate surface area is 108 Å². The van der Waals surface area contributed by atoms with Crippen LogP contribution in [0.15, 0.2) is 0 Å². The number of carbonyl (C=O) groups is 1. The maximum Gasteiger partial charge on any atom is 0.337 e. The lowest BCUT2D eigenvalue weighted by Gasteiger charge is -2.22. The maximum atomic E-state index is 11.3. The number of aliphatic hydroxyl groups is 2. The molecule has 0 aromatic carbocycles. The fourth-order valence-corrected chi connectivity index (χ4v) is 2.96. The summed E-state index contributed by atoms with van der Waals surface area (Å²) in [5.41, 5.74) is 0. The third-order valence-corrected chi connectivity index (χ3v) is 4.04. The molecule has 18 heavy (non-hydrogen) atoms. The van der Waals surface area contributed by atoms with Crippen LogP contribution >= 0.6 is 0 Å². The summed E-state index contributed by atoms with van der Waals surface area (Å²) in [5.74, 6) is -0.158. The molecular weight excluding hydrogens is 234 g/mol. The van der Waals surface area contributed by atoms with E-state index in [1.54, 1.807) is 6.92 Å². The molecule has 1 aliphatic heterocycles. The number of ether oxygens (including phenoxy) is 1. The molecule has 0 spiro atoms. The minimum atomic E-state index is -1.43. The fourth-order valence-electron chi connectivity index (χ4n) is 2.96. The van der Waals surface area contributed by atoms with Gasteiger partial charge in [0.15, 0.2) is 6.10 Å². The quantitative estimate of drug-likeness (QED) is 0.483. The Balaban J connectivity index is 1.80. The van der Waals surface area contributed by atoms with E-state index in [9.17, 15) is 15.0 Å². The normalized spacial score (nSPS) is 31.7. The third-order valence-electron chi connectivity index (χ3n) is 4.04. The lowest BCUT2D eigenvalue weighted by atomic mass is 9.85. The highest BCUT2D eigenvalue weighted by molar-refractivity contribution is 5.75. The second kappa shape index (κ2) is 5.99. The zero-order chi connectivity index (χ0) is 13.1. The molecule has 1 saturated carbocycles. The van der Waals surface area contributed by atoms with Crippen molar-refractivity contribution in [3.63, 3.8) is 0 Å². The van der Waals surface area contributed by atoms with Gasteiger partial charge in [0.1, 0.15) is 6.10 Å². The molecule has 0 unspecified atom stereocenters. The van der Waals surface area contributed by atoms with Crippen molar-refractivity contribution in [2.45, 2.75) is 63.3 Å². The van der Waals surface area contributed by atoms with Gasteiger partial charge in [-0.05, 0) is 25.7 Å². The Morgan fingerprint density at radius 1 is 1.33 bits per heavy atom. The Morgan fingerprint density at radius 3 is 2.61 bits per heavy atom. The summed E-state index contributed by atoms with van der Waals surface area (Å²) < 4.78 is 4.71. The first-order chi connectivity index (χ1) is 8.65. The predicted octanol–water partition coefficient (Wildman–Crippen LogP) is 0.192. The minimum absolute atomic E-state index is 0.160. The van der Waals surface area contributed by atoms with Gasteiger partial charge in [0.05, 0.1) is 12.6 Å². The fraction of sp³-hybridized carbons (Fsp3) is 0.923. The number of nitrogens with one attached hydrogen (secondary N) is 1. The van der Waals surface area contributed by atoms with Gasteiger partial charge in [-0.15, -0.1) is 0 Å². The summed E-state index contributed by atoms with van der Waals surface area (Å²) in [6, 6.07) is 0.0943. The molecular formula is C13H23NO4. The molecule has 1 aliphatic carbocycles. The zero-order valence-electron chi connectivity index (χ0n) is 10.8.